The molecule has 0 saturated heterocycles. The third-order valence-electron chi connectivity index (χ3n) is 4.56. The second-order valence-electron chi connectivity index (χ2n) is 7.74. The van der Waals surface area contributed by atoms with Gasteiger partial charge in [0.15, 0.2) is 11.0 Å². The minimum Gasteiger partial charge on any atom is -0.338 e. The van der Waals surface area contributed by atoms with E-state index in [1.165, 1.54) is 23.9 Å². The molecule has 1 atom stereocenters. The lowest BCUT2D eigenvalue weighted by molar-refractivity contribution is -0.119. The quantitative estimate of drug-likeness (QED) is 0.500. The molecule has 3 rings (SSSR count). The van der Waals surface area contributed by atoms with Gasteiger partial charge < -0.3 is 5.32 Å². The number of hydrogen-bond donors (Lipinski definition) is 2. The standard InChI is InChI=1S/C23H26FN5O2S/c1-15(2)13-25-22(31)26-21(30)16(3)32-23-28-27-20(18-9-11-19(24)12-10-18)29(23)14-17-7-5-4-6-8-17/h4-12,15-16H,13-14H2,1-3H3,(H2,25,26,30,31). The van der Waals surface area contributed by atoms with E-state index in [0.717, 1.165) is 5.56 Å². The molecule has 0 saturated carbocycles. The predicted octanol–water partition coefficient (Wildman–Crippen LogP) is 4.09. The number of carbonyl (C=O) groups excluding carboxylic acids is 2. The molecule has 168 valence electrons. The minimum absolute atomic E-state index is 0.282. The molecule has 7 nitrogen and oxygen atoms in total. The van der Waals surface area contributed by atoms with Crippen LogP contribution in [0.15, 0.2) is 59.8 Å². The smallest absolute Gasteiger partial charge is 0.321 e. The molecule has 0 fully saturated rings. The molecular weight excluding hydrogens is 429 g/mol. The number of halogens is 1. The number of nitrogens with one attached hydrogen (secondary N) is 2. The summed E-state index contributed by atoms with van der Waals surface area (Å²) in [6.45, 7) is 6.60. The fourth-order valence-corrected chi connectivity index (χ4v) is 3.71. The van der Waals surface area contributed by atoms with E-state index in [1.807, 2.05) is 48.7 Å². The molecule has 2 N–H and O–H groups in total. The molecule has 1 unspecified atom stereocenters. The van der Waals surface area contributed by atoms with Crippen molar-refractivity contribution in [2.24, 2.45) is 5.92 Å². The molecule has 32 heavy (non-hydrogen) atoms. The van der Waals surface area contributed by atoms with Crippen molar-refractivity contribution >= 4 is 23.7 Å². The summed E-state index contributed by atoms with van der Waals surface area (Å²) in [6.07, 6.45) is 0. The summed E-state index contributed by atoms with van der Waals surface area (Å²) in [4.78, 5) is 24.4. The first-order valence-electron chi connectivity index (χ1n) is 10.3. The lowest BCUT2D eigenvalue weighted by Crippen LogP contribution is -2.43. The summed E-state index contributed by atoms with van der Waals surface area (Å²) in [5, 5.41) is 13.5. The number of benzene rings is 2. The van der Waals surface area contributed by atoms with Gasteiger partial charge in [-0.05, 0) is 42.7 Å². The normalized spacial score (nSPS) is 11.9. The van der Waals surface area contributed by atoms with Gasteiger partial charge in [-0.3, -0.25) is 14.7 Å². The van der Waals surface area contributed by atoms with Crippen LogP contribution in [-0.2, 0) is 11.3 Å². The van der Waals surface area contributed by atoms with Crippen LogP contribution < -0.4 is 10.6 Å². The summed E-state index contributed by atoms with van der Waals surface area (Å²) < 4.78 is 15.3. The van der Waals surface area contributed by atoms with Gasteiger partial charge in [0.2, 0.25) is 5.91 Å². The molecule has 0 radical (unpaired) electrons. The zero-order chi connectivity index (χ0) is 23.1. The topological polar surface area (TPSA) is 88.9 Å². The average Bonchev–Trinajstić information content (AvgIpc) is 3.15. The van der Waals surface area contributed by atoms with Crippen LogP contribution in [0.2, 0.25) is 0 Å². The number of nitrogens with zero attached hydrogens (tertiary/aromatic N) is 3. The van der Waals surface area contributed by atoms with E-state index in [0.29, 0.717) is 29.6 Å². The van der Waals surface area contributed by atoms with E-state index < -0.39 is 17.2 Å². The van der Waals surface area contributed by atoms with Crippen molar-refractivity contribution in [3.05, 3.63) is 66.0 Å². The van der Waals surface area contributed by atoms with Crippen molar-refractivity contribution in [3.63, 3.8) is 0 Å². The molecular formula is C23H26FN5O2S. The van der Waals surface area contributed by atoms with Gasteiger partial charge in [0.1, 0.15) is 5.82 Å². The van der Waals surface area contributed by atoms with Gasteiger partial charge in [-0.1, -0.05) is 55.9 Å². The summed E-state index contributed by atoms with van der Waals surface area (Å²) in [7, 11) is 0. The van der Waals surface area contributed by atoms with E-state index in [-0.39, 0.29) is 11.7 Å². The molecule has 0 bridgehead atoms. The summed E-state index contributed by atoms with van der Waals surface area (Å²) >= 11 is 1.21. The first-order valence-corrected chi connectivity index (χ1v) is 11.2. The molecule has 3 amide bonds. The van der Waals surface area contributed by atoms with Crippen molar-refractivity contribution in [1.82, 2.24) is 25.4 Å². The van der Waals surface area contributed by atoms with Crippen molar-refractivity contribution < 1.29 is 14.0 Å². The van der Waals surface area contributed by atoms with Crippen LogP contribution >= 0.6 is 11.8 Å². The van der Waals surface area contributed by atoms with Gasteiger partial charge in [-0.2, -0.15) is 0 Å². The maximum absolute atomic E-state index is 13.4. The summed E-state index contributed by atoms with van der Waals surface area (Å²) in [5.41, 5.74) is 1.74. The molecule has 0 aliphatic heterocycles. The maximum Gasteiger partial charge on any atom is 0.321 e. The average molecular weight is 456 g/mol. The lowest BCUT2D eigenvalue weighted by Gasteiger charge is -2.14. The monoisotopic (exact) mass is 455 g/mol. The molecule has 1 aromatic heterocycles. The van der Waals surface area contributed by atoms with Crippen molar-refractivity contribution in [2.75, 3.05) is 6.54 Å². The summed E-state index contributed by atoms with van der Waals surface area (Å²) in [6, 6.07) is 15.3. The molecule has 0 aliphatic rings. The number of imide groups is 1. The first-order chi connectivity index (χ1) is 15.3. The largest absolute Gasteiger partial charge is 0.338 e. The number of aromatic nitrogens is 3. The Kier molecular flexibility index (Phi) is 7.99. The van der Waals surface area contributed by atoms with Crippen molar-refractivity contribution in [2.45, 2.75) is 37.7 Å². The zero-order valence-electron chi connectivity index (χ0n) is 18.2. The molecule has 9 heteroatoms. The number of urea groups is 1. The van der Waals surface area contributed by atoms with E-state index in [9.17, 15) is 14.0 Å². The minimum atomic E-state index is -0.584. The van der Waals surface area contributed by atoms with Crippen LogP contribution in [0.4, 0.5) is 9.18 Å². The first kappa shape index (κ1) is 23.5. The predicted molar refractivity (Wildman–Crippen MR) is 123 cm³/mol. The van der Waals surface area contributed by atoms with Crippen molar-refractivity contribution in [3.8, 4) is 11.4 Å². The van der Waals surface area contributed by atoms with E-state index in [2.05, 4.69) is 20.8 Å². The Morgan fingerprint density at radius 3 is 2.38 bits per heavy atom. The Bertz CT molecular complexity index is 1050. The number of hydrogen-bond acceptors (Lipinski definition) is 5. The van der Waals surface area contributed by atoms with Gasteiger partial charge in [-0.15, -0.1) is 10.2 Å². The molecule has 1 heterocycles. The van der Waals surface area contributed by atoms with Gasteiger partial charge in [0.05, 0.1) is 11.8 Å². The molecule has 0 spiro atoms. The second kappa shape index (κ2) is 10.9. The van der Waals surface area contributed by atoms with E-state index >= 15 is 0 Å². The van der Waals surface area contributed by atoms with Crippen LogP contribution in [-0.4, -0.2) is 38.5 Å². The van der Waals surface area contributed by atoms with Crippen LogP contribution in [0.1, 0.15) is 26.3 Å². The number of carbonyl (C=O) groups is 2. The fraction of sp³-hybridized carbons (Fsp3) is 0.304. The Balaban J connectivity index is 1.80. The lowest BCUT2D eigenvalue weighted by atomic mass is 10.2. The SMILES string of the molecule is CC(C)CNC(=O)NC(=O)C(C)Sc1nnc(-c2ccc(F)cc2)n1Cc1ccccc1. The van der Waals surface area contributed by atoms with Gasteiger partial charge in [0.25, 0.3) is 0 Å². The van der Waals surface area contributed by atoms with E-state index in [4.69, 9.17) is 0 Å². The Labute approximate surface area is 190 Å². The van der Waals surface area contributed by atoms with Gasteiger partial charge in [-0.25, -0.2) is 9.18 Å². The molecule has 0 aliphatic carbocycles. The third-order valence-corrected chi connectivity index (χ3v) is 5.64. The Morgan fingerprint density at radius 1 is 1.03 bits per heavy atom. The highest BCUT2D eigenvalue weighted by Crippen LogP contribution is 2.28. The maximum atomic E-state index is 13.4. The summed E-state index contributed by atoms with van der Waals surface area (Å²) in [5.74, 6) is 0.0927. The highest BCUT2D eigenvalue weighted by Gasteiger charge is 2.22. The fourth-order valence-electron chi connectivity index (χ4n) is 2.86. The van der Waals surface area contributed by atoms with Crippen LogP contribution in [0.5, 0.6) is 0 Å². The highest BCUT2D eigenvalue weighted by atomic mass is 32.2. The van der Waals surface area contributed by atoms with Gasteiger partial charge in [0, 0.05) is 12.1 Å². The Morgan fingerprint density at radius 2 is 1.72 bits per heavy atom. The van der Waals surface area contributed by atoms with E-state index in [1.54, 1.807) is 19.1 Å². The zero-order valence-corrected chi connectivity index (χ0v) is 19.0. The highest BCUT2D eigenvalue weighted by molar-refractivity contribution is 8.00. The Hall–Kier alpha value is -3.20. The molecule has 3 aromatic rings. The number of amides is 3. The van der Waals surface area contributed by atoms with Crippen LogP contribution in [0.3, 0.4) is 0 Å². The van der Waals surface area contributed by atoms with Crippen molar-refractivity contribution in [1.29, 1.82) is 0 Å². The second-order valence-corrected chi connectivity index (χ2v) is 9.05. The van der Waals surface area contributed by atoms with Crippen LogP contribution in [0, 0.1) is 11.7 Å². The number of rotatable bonds is 8. The third kappa shape index (κ3) is 6.40. The van der Waals surface area contributed by atoms with Crippen LogP contribution in [0.25, 0.3) is 11.4 Å². The van der Waals surface area contributed by atoms with Gasteiger partial charge >= 0.3 is 6.03 Å². The number of thioether (sulfide) groups is 1. The molecule has 2 aromatic carbocycles.